The highest BCUT2D eigenvalue weighted by Gasteiger charge is 2.35. The van der Waals surface area contributed by atoms with Crippen molar-refractivity contribution < 1.29 is 9.59 Å². The maximum Gasteiger partial charge on any atom is 0.324 e. The Morgan fingerprint density at radius 1 is 1.33 bits per heavy atom. The molecule has 2 fully saturated rings. The predicted octanol–water partition coefficient (Wildman–Crippen LogP) is 0.484. The van der Waals surface area contributed by atoms with Crippen LogP contribution in [0.3, 0.4) is 0 Å². The van der Waals surface area contributed by atoms with Crippen molar-refractivity contribution in [3.05, 3.63) is 29.8 Å². The Hall–Kier alpha value is -2.84. The van der Waals surface area contributed by atoms with Gasteiger partial charge in [0.1, 0.15) is 5.69 Å². The molecule has 2 aliphatic rings. The van der Waals surface area contributed by atoms with E-state index in [0.717, 1.165) is 17.9 Å². The number of anilines is 1. The van der Waals surface area contributed by atoms with E-state index in [1.54, 1.807) is 34.0 Å². The minimum absolute atomic E-state index is 0.00568. The first-order chi connectivity index (χ1) is 11.5. The van der Waals surface area contributed by atoms with Crippen molar-refractivity contribution in [1.29, 1.82) is 0 Å². The van der Waals surface area contributed by atoms with Crippen molar-refractivity contribution in [1.82, 2.24) is 29.8 Å². The molecule has 0 atom stereocenters. The summed E-state index contributed by atoms with van der Waals surface area (Å²) in [5.41, 5.74) is 2.11. The van der Waals surface area contributed by atoms with Crippen LogP contribution in [0, 0.1) is 6.92 Å². The van der Waals surface area contributed by atoms with Crippen LogP contribution in [0.15, 0.2) is 18.5 Å². The third-order valence-corrected chi connectivity index (χ3v) is 4.56. The van der Waals surface area contributed by atoms with E-state index >= 15 is 0 Å². The standard InChI is InChI=1S/C15H19N7O2/c1-10-5-13(18-17-10)14(23)20-7-12(8-20)22-9-11(6-16-22)21-4-3-19(2)15(21)24/h5-6,9,12H,3-4,7-8H2,1-2H3,(H,17,18). The summed E-state index contributed by atoms with van der Waals surface area (Å²) >= 11 is 0. The molecule has 0 bridgehead atoms. The normalized spacial score (nSPS) is 18.4. The number of aryl methyl sites for hydroxylation is 1. The second-order valence-corrected chi connectivity index (χ2v) is 6.33. The Kier molecular flexibility index (Phi) is 3.29. The Morgan fingerprint density at radius 2 is 2.12 bits per heavy atom. The number of nitrogens with zero attached hydrogens (tertiary/aromatic N) is 6. The van der Waals surface area contributed by atoms with Crippen molar-refractivity contribution in [2.75, 3.05) is 38.1 Å². The molecular weight excluding hydrogens is 310 g/mol. The largest absolute Gasteiger partial charge is 0.333 e. The SMILES string of the molecule is Cc1cc(C(=O)N2CC(n3cc(N4CCN(C)C4=O)cn3)C2)n[nH]1. The van der Waals surface area contributed by atoms with Crippen LogP contribution in [0.2, 0.25) is 0 Å². The zero-order chi connectivity index (χ0) is 16.8. The Bertz CT molecular complexity index is 789. The third-order valence-electron chi connectivity index (χ3n) is 4.56. The summed E-state index contributed by atoms with van der Waals surface area (Å²) in [6.07, 6.45) is 3.58. The molecule has 2 aromatic rings. The van der Waals surface area contributed by atoms with Gasteiger partial charge >= 0.3 is 6.03 Å². The Labute approximate surface area is 138 Å². The van der Waals surface area contributed by atoms with Gasteiger partial charge in [-0.2, -0.15) is 10.2 Å². The molecule has 0 aliphatic carbocycles. The van der Waals surface area contributed by atoms with Crippen LogP contribution in [-0.4, -0.2) is 74.9 Å². The number of hydrogen-bond donors (Lipinski definition) is 1. The summed E-state index contributed by atoms with van der Waals surface area (Å²) in [4.78, 5) is 29.4. The van der Waals surface area contributed by atoms with Gasteiger partial charge in [-0.25, -0.2) is 4.79 Å². The number of carbonyl (C=O) groups is 2. The van der Waals surface area contributed by atoms with Gasteiger partial charge in [-0.15, -0.1) is 0 Å². The molecule has 4 heterocycles. The van der Waals surface area contributed by atoms with Crippen LogP contribution in [-0.2, 0) is 0 Å². The predicted molar refractivity (Wildman–Crippen MR) is 85.9 cm³/mol. The van der Waals surface area contributed by atoms with Crippen molar-refractivity contribution in [3.63, 3.8) is 0 Å². The fraction of sp³-hybridized carbons (Fsp3) is 0.467. The first-order valence-electron chi connectivity index (χ1n) is 7.91. The lowest BCUT2D eigenvalue weighted by Crippen LogP contribution is -2.51. The number of aromatic amines is 1. The zero-order valence-corrected chi connectivity index (χ0v) is 13.6. The van der Waals surface area contributed by atoms with Gasteiger partial charge in [0.15, 0.2) is 0 Å². The molecule has 0 unspecified atom stereocenters. The minimum Gasteiger partial charge on any atom is -0.333 e. The van der Waals surface area contributed by atoms with Crippen LogP contribution in [0.25, 0.3) is 0 Å². The summed E-state index contributed by atoms with van der Waals surface area (Å²) in [5.74, 6) is -0.0701. The van der Waals surface area contributed by atoms with Crippen LogP contribution in [0.1, 0.15) is 22.2 Å². The number of likely N-dealkylation sites (N-methyl/N-ethyl adjacent to an activating group) is 1. The van der Waals surface area contributed by atoms with Gasteiger partial charge in [0.05, 0.1) is 17.9 Å². The van der Waals surface area contributed by atoms with Crippen molar-refractivity contribution in [2.45, 2.75) is 13.0 Å². The Morgan fingerprint density at radius 3 is 2.75 bits per heavy atom. The van der Waals surface area contributed by atoms with E-state index in [2.05, 4.69) is 15.3 Å². The second-order valence-electron chi connectivity index (χ2n) is 6.33. The molecule has 0 saturated carbocycles. The number of hydrogen-bond acceptors (Lipinski definition) is 4. The quantitative estimate of drug-likeness (QED) is 0.887. The van der Waals surface area contributed by atoms with E-state index in [-0.39, 0.29) is 18.0 Å². The van der Waals surface area contributed by atoms with Gasteiger partial charge in [0, 0.05) is 45.1 Å². The molecule has 9 heteroatoms. The average Bonchev–Trinajstić information content (AvgIpc) is 3.21. The van der Waals surface area contributed by atoms with Crippen LogP contribution in [0.5, 0.6) is 0 Å². The first-order valence-corrected chi connectivity index (χ1v) is 7.91. The van der Waals surface area contributed by atoms with Gasteiger partial charge in [0.2, 0.25) is 0 Å². The van der Waals surface area contributed by atoms with Crippen molar-refractivity contribution in [3.8, 4) is 0 Å². The number of aromatic nitrogens is 4. The molecule has 0 spiro atoms. The molecule has 24 heavy (non-hydrogen) atoms. The smallest absolute Gasteiger partial charge is 0.324 e. The molecule has 9 nitrogen and oxygen atoms in total. The van der Waals surface area contributed by atoms with E-state index < -0.39 is 0 Å². The number of carbonyl (C=O) groups excluding carboxylic acids is 2. The van der Waals surface area contributed by atoms with E-state index in [4.69, 9.17) is 0 Å². The van der Waals surface area contributed by atoms with E-state index in [1.807, 2.05) is 17.8 Å². The lowest BCUT2D eigenvalue weighted by atomic mass is 10.1. The molecule has 2 aliphatic heterocycles. The van der Waals surface area contributed by atoms with Crippen LogP contribution >= 0.6 is 0 Å². The fourth-order valence-electron chi connectivity index (χ4n) is 3.03. The lowest BCUT2D eigenvalue weighted by Gasteiger charge is -2.38. The summed E-state index contributed by atoms with van der Waals surface area (Å²) in [6.45, 7) is 4.46. The van der Waals surface area contributed by atoms with Crippen LogP contribution in [0.4, 0.5) is 10.5 Å². The Balaban J connectivity index is 1.39. The number of H-pyrrole nitrogens is 1. The maximum atomic E-state index is 12.3. The number of nitrogens with one attached hydrogen (secondary N) is 1. The van der Waals surface area contributed by atoms with Gasteiger partial charge in [-0.05, 0) is 13.0 Å². The summed E-state index contributed by atoms with van der Waals surface area (Å²) in [5, 5.41) is 11.1. The molecule has 0 aromatic carbocycles. The van der Waals surface area contributed by atoms with Crippen molar-refractivity contribution >= 4 is 17.6 Å². The summed E-state index contributed by atoms with van der Waals surface area (Å²) in [7, 11) is 1.79. The molecular formula is C15H19N7O2. The molecule has 4 rings (SSSR count). The highest BCUT2D eigenvalue weighted by molar-refractivity contribution is 5.94. The molecule has 2 aromatic heterocycles. The van der Waals surface area contributed by atoms with E-state index in [0.29, 0.717) is 25.3 Å². The number of likely N-dealkylation sites (tertiary alicyclic amines) is 1. The average molecular weight is 329 g/mol. The van der Waals surface area contributed by atoms with Crippen LogP contribution < -0.4 is 4.90 Å². The maximum absolute atomic E-state index is 12.3. The monoisotopic (exact) mass is 329 g/mol. The first kappa shape index (κ1) is 14.7. The number of urea groups is 1. The lowest BCUT2D eigenvalue weighted by molar-refractivity contribution is 0.0495. The van der Waals surface area contributed by atoms with E-state index in [9.17, 15) is 9.59 Å². The minimum atomic E-state index is -0.0701. The number of amides is 3. The van der Waals surface area contributed by atoms with Gasteiger partial charge in [0.25, 0.3) is 5.91 Å². The fourth-order valence-corrected chi connectivity index (χ4v) is 3.03. The van der Waals surface area contributed by atoms with Crippen molar-refractivity contribution in [2.24, 2.45) is 0 Å². The van der Waals surface area contributed by atoms with Gasteiger partial charge < -0.3 is 9.80 Å². The zero-order valence-electron chi connectivity index (χ0n) is 13.6. The number of rotatable bonds is 3. The summed E-state index contributed by atoms with van der Waals surface area (Å²) in [6, 6.07) is 1.88. The molecule has 3 amide bonds. The highest BCUT2D eigenvalue weighted by Crippen LogP contribution is 2.26. The van der Waals surface area contributed by atoms with Gasteiger partial charge in [-0.3, -0.25) is 19.5 Å². The topological polar surface area (TPSA) is 90.4 Å². The van der Waals surface area contributed by atoms with Gasteiger partial charge in [-0.1, -0.05) is 0 Å². The second kappa shape index (κ2) is 5.36. The highest BCUT2D eigenvalue weighted by atomic mass is 16.2. The molecule has 126 valence electrons. The molecule has 2 saturated heterocycles. The molecule has 0 radical (unpaired) electrons. The van der Waals surface area contributed by atoms with E-state index in [1.165, 1.54) is 0 Å². The molecule has 1 N–H and O–H groups in total. The summed E-state index contributed by atoms with van der Waals surface area (Å²) < 4.78 is 1.83. The third kappa shape index (κ3) is 2.32.